The molecule has 3 heterocycles. The van der Waals surface area contributed by atoms with Gasteiger partial charge in [-0.2, -0.15) is 0 Å². The van der Waals surface area contributed by atoms with Crippen molar-refractivity contribution < 1.29 is 4.79 Å². The number of aromatic nitrogens is 4. The first-order chi connectivity index (χ1) is 11.7. The molecule has 1 saturated carbocycles. The predicted octanol–water partition coefficient (Wildman–Crippen LogP) is 2.62. The van der Waals surface area contributed by atoms with E-state index in [9.17, 15) is 4.79 Å². The van der Waals surface area contributed by atoms with Crippen LogP contribution in [0, 0.1) is 0 Å². The van der Waals surface area contributed by atoms with Gasteiger partial charge in [0.1, 0.15) is 0 Å². The molecular formula is C16H18N6OS. The van der Waals surface area contributed by atoms with Crippen LogP contribution in [-0.4, -0.2) is 25.6 Å². The van der Waals surface area contributed by atoms with Crippen LogP contribution in [0.15, 0.2) is 29.8 Å². The fourth-order valence-corrected chi connectivity index (χ4v) is 3.55. The van der Waals surface area contributed by atoms with Crippen LogP contribution in [0.4, 0.5) is 4.79 Å². The molecule has 1 aliphatic rings. The summed E-state index contributed by atoms with van der Waals surface area (Å²) in [6.07, 6.45) is 4.37. The quantitative estimate of drug-likeness (QED) is 0.746. The molecule has 0 saturated heterocycles. The highest BCUT2D eigenvalue weighted by molar-refractivity contribution is 7.09. The Kier molecular flexibility index (Phi) is 3.89. The summed E-state index contributed by atoms with van der Waals surface area (Å²) in [7, 11) is 0. The smallest absolute Gasteiger partial charge is 0.315 e. The summed E-state index contributed by atoms with van der Waals surface area (Å²) in [6, 6.07) is 5.20. The van der Waals surface area contributed by atoms with E-state index in [4.69, 9.17) is 0 Å². The third kappa shape index (κ3) is 3.09. The summed E-state index contributed by atoms with van der Waals surface area (Å²) in [6.45, 7) is 2.32. The number of hydrogen-bond donors (Lipinski definition) is 2. The molecule has 24 heavy (non-hydrogen) atoms. The summed E-state index contributed by atoms with van der Waals surface area (Å²) in [5, 5.41) is 17.2. The summed E-state index contributed by atoms with van der Waals surface area (Å²) < 4.78 is 1.87. The Bertz CT molecular complexity index is 868. The minimum atomic E-state index is -0.250. The second-order valence-electron chi connectivity index (χ2n) is 5.99. The van der Waals surface area contributed by atoms with Gasteiger partial charge in [0.15, 0.2) is 11.5 Å². The first-order valence-electron chi connectivity index (χ1n) is 7.99. The summed E-state index contributed by atoms with van der Waals surface area (Å²) in [5.41, 5.74) is 1.68. The lowest BCUT2D eigenvalue weighted by atomic mass is 10.3. The van der Waals surface area contributed by atoms with Crippen LogP contribution in [0.1, 0.15) is 48.3 Å². The zero-order valence-corrected chi connectivity index (χ0v) is 14.1. The van der Waals surface area contributed by atoms with Gasteiger partial charge in [-0.1, -0.05) is 6.07 Å². The third-order valence-electron chi connectivity index (χ3n) is 4.00. The van der Waals surface area contributed by atoms with Gasteiger partial charge >= 0.3 is 6.03 Å². The van der Waals surface area contributed by atoms with Crippen molar-refractivity contribution >= 4 is 23.0 Å². The van der Waals surface area contributed by atoms with Crippen LogP contribution in [0.2, 0.25) is 0 Å². The van der Waals surface area contributed by atoms with Crippen molar-refractivity contribution in [1.82, 2.24) is 30.2 Å². The Morgan fingerprint density at radius 2 is 2.29 bits per heavy atom. The lowest BCUT2D eigenvalue weighted by Crippen LogP contribution is -2.37. The van der Waals surface area contributed by atoms with E-state index < -0.39 is 0 Å². The Hall–Kier alpha value is -2.48. The van der Waals surface area contributed by atoms with Crippen LogP contribution < -0.4 is 10.6 Å². The molecule has 8 heteroatoms. The number of nitrogens with zero attached hydrogens (tertiary/aromatic N) is 4. The number of nitrogens with one attached hydrogen (secondary N) is 2. The molecule has 0 spiro atoms. The van der Waals surface area contributed by atoms with E-state index in [-0.39, 0.29) is 12.1 Å². The fourth-order valence-electron chi connectivity index (χ4n) is 2.56. The maximum absolute atomic E-state index is 12.1. The number of thiazole rings is 1. The number of carbonyl (C=O) groups excluding carboxylic acids is 1. The average molecular weight is 342 g/mol. The number of carbonyl (C=O) groups is 1. The van der Waals surface area contributed by atoms with Gasteiger partial charge in [0.05, 0.1) is 23.3 Å². The van der Waals surface area contributed by atoms with Crippen LogP contribution in [0.5, 0.6) is 0 Å². The SMILES string of the molecule is C[C@@H](NC(=O)NCc1csc(C2CC2)n1)c1nnc2ccccn12. The molecule has 0 aliphatic heterocycles. The highest BCUT2D eigenvalue weighted by Crippen LogP contribution is 2.41. The molecule has 0 bridgehead atoms. The summed E-state index contributed by atoms with van der Waals surface area (Å²) in [4.78, 5) is 16.7. The molecule has 1 aliphatic carbocycles. The van der Waals surface area contributed by atoms with E-state index in [1.165, 1.54) is 17.8 Å². The van der Waals surface area contributed by atoms with Gasteiger partial charge in [-0.05, 0) is 31.9 Å². The zero-order chi connectivity index (χ0) is 16.5. The lowest BCUT2D eigenvalue weighted by Gasteiger charge is -2.12. The van der Waals surface area contributed by atoms with Gasteiger partial charge in [0.25, 0.3) is 0 Å². The number of hydrogen-bond acceptors (Lipinski definition) is 5. The van der Waals surface area contributed by atoms with E-state index in [0.29, 0.717) is 18.3 Å². The Labute approximate surface area is 143 Å². The molecule has 4 rings (SSSR count). The number of urea groups is 1. The van der Waals surface area contributed by atoms with Gasteiger partial charge in [0, 0.05) is 17.5 Å². The summed E-state index contributed by atoms with van der Waals surface area (Å²) >= 11 is 1.68. The molecule has 3 aromatic rings. The monoisotopic (exact) mass is 342 g/mol. The third-order valence-corrected chi connectivity index (χ3v) is 5.06. The average Bonchev–Trinajstić information content (AvgIpc) is 3.17. The van der Waals surface area contributed by atoms with Gasteiger partial charge < -0.3 is 10.6 Å². The van der Waals surface area contributed by atoms with Crippen molar-refractivity contribution in [2.24, 2.45) is 0 Å². The minimum Gasteiger partial charge on any atom is -0.332 e. The molecule has 0 unspecified atom stereocenters. The van der Waals surface area contributed by atoms with Gasteiger partial charge in [-0.15, -0.1) is 21.5 Å². The van der Waals surface area contributed by atoms with E-state index in [1.807, 2.05) is 41.1 Å². The van der Waals surface area contributed by atoms with Crippen LogP contribution in [0.3, 0.4) is 0 Å². The van der Waals surface area contributed by atoms with E-state index in [2.05, 4.69) is 25.8 Å². The largest absolute Gasteiger partial charge is 0.332 e. The highest BCUT2D eigenvalue weighted by atomic mass is 32.1. The molecule has 0 radical (unpaired) electrons. The second-order valence-corrected chi connectivity index (χ2v) is 6.88. The predicted molar refractivity (Wildman–Crippen MR) is 90.9 cm³/mol. The number of amides is 2. The van der Waals surface area contributed by atoms with Crippen molar-refractivity contribution in [3.63, 3.8) is 0 Å². The second kappa shape index (κ2) is 6.20. The van der Waals surface area contributed by atoms with Gasteiger partial charge in [-0.3, -0.25) is 4.40 Å². The lowest BCUT2D eigenvalue weighted by molar-refractivity contribution is 0.237. The Balaban J connectivity index is 1.34. The molecule has 2 amide bonds. The van der Waals surface area contributed by atoms with Gasteiger partial charge in [-0.25, -0.2) is 9.78 Å². The van der Waals surface area contributed by atoms with Crippen molar-refractivity contribution in [3.05, 3.63) is 46.3 Å². The van der Waals surface area contributed by atoms with E-state index in [0.717, 1.165) is 11.3 Å². The molecule has 0 aromatic carbocycles. The maximum Gasteiger partial charge on any atom is 0.315 e. The Morgan fingerprint density at radius 3 is 3.12 bits per heavy atom. The first-order valence-corrected chi connectivity index (χ1v) is 8.87. The number of fused-ring (bicyclic) bond motifs is 1. The van der Waals surface area contributed by atoms with Crippen LogP contribution >= 0.6 is 11.3 Å². The van der Waals surface area contributed by atoms with Crippen molar-refractivity contribution in [2.45, 2.75) is 38.3 Å². The topological polar surface area (TPSA) is 84.2 Å². The van der Waals surface area contributed by atoms with Crippen molar-refractivity contribution in [2.75, 3.05) is 0 Å². The van der Waals surface area contributed by atoms with Crippen molar-refractivity contribution in [1.29, 1.82) is 0 Å². The first kappa shape index (κ1) is 15.1. The van der Waals surface area contributed by atoms with Crippen LogP contribution in [0.25, 0.3) is 5.65 Å². The zero-order valence-electron chi connectivity index (χ0n) is 13.3. The standard InChI is InChI=1S/C16H18N6OS/c1-10(14-21-20-13-4-2-3-7-22(13)14)18-16(23)17-8-12-9-24-15(19-12)11-5-6-11/h2-4,7,9-11H,5-6,8H2,1H3,(H2,17,18,23)/t10-/m1/s1. The molecule has 3 aromatic heterocycles. The summed E-state index contributed by atoms with van der Waals surface area (Å²) in [5.74, 6) is 1.35. The van der Waals surface area contributed by atoms with Crippen LogP contribution in [-0.2, 0) is 6.54 Å². The fraction of sp³-hybridized carbons (Fsp3) is 0.375. The van der Waals surface area contributed by atoms with Gasteiger partial charge in [0.2, 0.25) is 0 Å². The molecule has 2 N–H and O–H groups in total. The molecule has 124 valence electrons. The number of pyridine rings is 1. The highest BCUT2D eigenvalue weighted by Gasteiger charge is 2.26. The normalized spacial score (nSPS) is 15.4. The molecule has 1 atom stereocenters. The Morgan fingerprint density at radius 1 is 1.42 bits per heavy atom. The van der Waals surface area contributed by atoms with Crippen molar-refractivity contribution in [3.8, 4) is 0 Å². The van der Waals surface area contributed by atoms with E-state index >= 15 is 0 Å². The number of rotatable bonds is 5. The minimum absolute atomic E-state index is 0.240. The molecular weight excluding hydrogens is 324 g/mol. The maximum atomic E-state index is 12.1. The van der Waals surface area contributed by atoms with E-state index in [1.54, 1.807) is 11.3 Å². The molecule has 1 fully saturated rings. The molecule has 7 nitrogen and oxygen atoms in total.